The molecule has 0 saturated heterocycles. The summed E-state index contributed by atoms with van der Waals surface area (Å²) in [5.74, 6) is 0.634. The van der Waals surface area contributed by atoms with Crippen LogP contribution in [0, 0.1) is 0 Å². The minimum Gasteiger partial charge on any atom is -0.496 e. The second-order valence-electron chi connectivity index (χ2n) is 8.25. The summed E-state index contributed by atoms with van der Waals surface area (Å²) in [6.07, 6.45) is -2.99. The summed E-state index contributed by atoms with van der Waals surface area (Å²) in [5, 5.41) is 7.32. The van der Waals surface area contributed by atoms with Gasteiger partial charge in [0.15, 0.2) is 5.82 Å². The number of amides is 1. The fraction of sp³-hybridized carbons (Fsp3) is 0.348. The van der Waals surface area contributed by atoms with E-state index in [1.165, 1.54) is 24.1 Å². The van der Waals surface area contributed by atoms with E-state index in [0.717, 1.165) is 6.07 Å². The van der Waals surface area contributed by atoms with E-state index < -0.39 is 17.6 Å². The Morgan fingerprint density at radius 1 is 1.24 bits per heavy atom. The molecule has 33 heavy (non-hydrogen) atoms. The number of halogens is 3. The topological polar surface area (TPSA) is 72.3 Å². The number of para-hydroxylation sites is 1. The third-order valence-electron chi connectivity index (χ3n) is 5.43. The lowest BCUT2D eigenvalue weighted by Crippen LogP contribution is -2.44. The Hall–Kier alpha value is -3.56. The Balaban J connectivity index is 1.78. The van der Waals surface area contributed by atoms with Gasteiger partial charge in [-0.3, -0.25) is 4.79 Å². The van der Waals surface area contributed by atoms with Gasteiger partial charge in [-0.2, -0.15) is 18.3 Å². The Labute approximate surface area is 189 Å². The maximum Gasteiger partial charge on any atom is 0.418 e. The first-order valence-electron chi connectivity index (χ1n) is 10.5. The number of alkyl halides is 3. The highest BCUT2D eigenvalue weighted by Gasteiger charge is 2.38. The fourth-order valence-electron chi connectivity index (χ4n) is 3.83. The monoisotopic (exact) mass is 459 g/mol. The number of ether oxygens (including phenoxy) is 1. The van der Waals surface area contributed by atoms with Gasteiger partial charge in [0.05, 0.1) is 35.3 Å². The molecule has 4 rings (SSSR count). The predicted molar refractivity (Wildman–Crippen MR) is 118 cm³/mol. The number of benzene rings is 2. The van der Waals surface area contributed by atoms with E-state index in [2.05, 4.69) is 15.4 Å². The molecule has 0 fully saturated rings. The molecule has 10 heteroatoms. The summed E-state index contributed by atoms with van der Waals surface area (Å²) in [4.78, 5) is 19.3. The summed E-state index contributed by atoms with van der Waals surface area (Å²) in [6.45, 7) is 5.87. The third-order valence-corrected chi connectivity index (χ3v) is 5.43. The predicted octanol–water partition coefficient (Wildman–Crippen LogP) is 4.88. The van der Waals surface area contributed by atoms with Crippen molar-refractivity contribution in [3.05, 3.63) is 59.7 Å². The van der Waals surface area contributed by atoms with Crippen LogP contribution in [0.5, 0.6) is 5.75 Å². The number of carbonyl (C=O) groups is 1. The number of nitrogens with zero attached hydrogens (tertiary/aromatic N) is 4. The lowest BCUT2D eigenvalue weighted by atomic mass is 10.0. The van der Waals surface area contributed by atoms with Crippen molar-refractivity contribution in [2.45, 2.75) is 38.9 Å². The zero-order valence-corrected chi connectivity index (χ0v) is 18.6. The van der Waals surface area contributed by atoms with Gasteiger partial charge in [-0.15, -0.1) is 0 Å². The van der Waals surface area contributed by atoms with Crippen molar-refractivity contribution in [1.82, 2.24) is 14.8 Å². The SMILES string of the molecule is COc1ccc(-n2cnc(C(C)C)n2)cc1C(=O)N1CC(C)Nc2c1cccc2C(F)(F)F. The number of hydrogen-bond donors (Lipinski definition) is 1. The molecule has 0 aliphatic carbocycles. The van der Waals surface area contributed by atoms with Crippen LogP contribution in [0.15, 0.2) is 42.7 Å². The average molecular weight is 459 g/mol. The van der Waals surface area contributed by atoms with Gasteiger partial charge in [0, 0.05) is 18.5 Å². The highest BCUT2D eigenvalue weighted by Crippen LogP contribution is 2.43. The van der Waals surface area contributed by atoms with Crippen molar-refractivity contribution in [2.75, 3.05) is 23.9 Å². The largest absolute Gasteiger partial charge is 0.496 e. The van der Waals surface area contributed by atoms with Crippen molar-refractivity contribution < 1.29 is 22.7 Å². The minimum atomic E-state index is -4.55. The number of carbonyl (C=O) groups excluding carboxylic acids is 1. The number of methoxy groups -OCH3 is 1. The van der Waals surface area contributed by atoms with Crippen molar-refractivity contribution >= 4 is 17.3 Å². The normalized spacial score (nSPS) is 15.9. The zero-order valence-electron chi connectivity index (χ0n) is 18.6. The van der Waals surface area contributed by atoms with E-state index in [1.54, 1.807) is 36.1 Å². The van der Waals surface area contributed by atoms with Gasteiger partial charge in [-0.1, -0.05) is 19.9 Å². The van der Waals surface area contributed by atoms with E-state index in [0.29, 0.717) is 17.3 Å². The van der Waals surface area contributed by atoms with Gasteiger partial charge in [-0.25, -0.2) is 9.67 Å². The quantitative estimate of drug-likeness (QED) is 0.602. The fourth-order valence-corrected chi connectivity index (χ4v) is 3.83. The van der Waals surface area contributed by atoms with Gasteiger partial charge >= 0.3 is 6.18 Å². The van der Waals surface area contributed by atoms with E-state index in [4.69, 9.17) is 4.74 Å². The maximum absolute atomic E-state index is 13.6. The lowest BCUT2D eigenvalue weighted by Gasteiger charge is -2.36. The van der Waals surface area contributed by atoms with Gasteiger partial charge in [0.25, 0.3) is 5.91 Å². The van der Waals surface area contributed by atoms with E-state index in [9.17, 15) is 18.0 Å². The van der Waals surface area contributed by atoms with E-state index in [1.807, 2.05) is 13.8 Å². The third kappa shape index (κ3) is 4.24. The summed E-state index contributed by atoms with van der Waals surface area (Å²) in [6, 6.07) is 8.41. The highest BCUT2D eigenvalue weighted by molar-refractivity contribution is 6.10. The molecule has 1 atom stereocenters. The summed E-state index contributed by atoms with van der Waals surface area (Å²) >= 11 is 0. The molecule has 1 aliphatic rings. The molecule has 174 valence electrons. The molecular formula is C23H24F3N5O2. The molecule has 7 nitrogen and oxygen atoms in total. The number of nitrogens with one attached hydrogen (secondary N) is 1. The van der Waals surface area contributed by atoms with Crippen LogP contribution in [0.2, 0.25) is 0 Å². The molecule has 0 bridgehead atoms. The number of anilines is 2. The van der Waals surface area contributed by atoms with Crippen LogP contribution >= 0.6 is 0 Å². The highest BCUT2D eigenvalue weighted by atomic mass is 19.4. The standard InChI is InChI=1S/C23H24F3N5O2/c1-13(2)21-27-12-31(29-21)15-8-9-19(33-4)16(10-15)22(32)30-11-14(3)28-20-17(23(24,25)26)6-5-7-18(20)30/h5-10,12-14,28H,11H2,1-4H3. The van der Waals surface area contributed by atoms with Gasteiger partial charge in [-0.05, 0) is 37.3 Å². The van der Waals surface area contributed by atoms with Crippen LogP contribution in [0.1, 0.15) is 48.4 Å². The Bertz CT molecular complexity index is 1190. The van der Waals surface area contributed by atoms with Gasteiger partial charge in [0.2, 0.25) is 0 Å². The van der Waals surface area contributed by atoms with E-state index >= 15 is 0 Å². The van der Waals surface area contributed by atoms with Crippen LogP contribution in [0.4, 0.5) is 24.5 Å². The summed E-state index contributed by atoms with van der Waals surface area (Å²) in [7, 11) is 1.44. The second-order valence-corrected chi connectivity index (χ2v) is 8.25. The molecule has 1 unspecified atom stereocenters. The van der Waals surface area contributed by atoms with Crippen molar-refractivity contribution in [2.24, 2.45) is 0 Å². The molecule has 3 aromatic rings. The van der Waals surface area contributed by atoms with Crippen molar-refractivity contribution in [1.29, 1.82) is 0 Å². The molecule has 2 heterocycles. The molecule has 0 saturated carbocycles. The summed E-state index contributed by atoms with van der Waals surface area (Å²) < 4.78 is 47.7. The first-order chi connectivity index (χ1) is 15.6. The number of fused-ring (bicyclic) bond motifs is 1. The van der Waals surface area contributed by atoms with Crippen LogP contribution in [0.3, 0.4) is 0 Å². The molecule has 1 aromatic heterocycles. The van der Waals surface area contributed by atoms with Crippen molar-refractivity contribution in [3.8, 4) is 11.4 Å². The molecule has 1 aliphatic heterocycles. The Morgan fingerprint density at radius 3 is 2.64 bits per heavy atom. The zero-order chi connectivity index (χ0) is 23.9. The first-order valence-corrected chi connectivity index (χ1v) is 10.5. The number of hydrogen-bond acceptors (Lipinski definition) is 5. The van der Waals surface area contributed by atoms with Gasteiger partial charge < -0.3 is 15.0 Å². The van der Waals surface area contributed by atoms with Crippen molar-refractivity contribution in [3.63, 3.8) is 0 Å². The maximum atomic E-state index is 13.6. The number of aromatic nitrogens is 3. The second kappa shape index (κ2) is 8.42. The smallest absolute Gasteiger partial charge is 0.418 e. The molecule has 0 spiro atoms. The van der Waals surface area contributed by atoms with E-state index in [-0.39, 0.29) is 35.4 Å². The minimum absolute atomic E-state index is 0.106. The average Bonchev–Trinajstić information content (AvgIpc) is 3.27. The number of rotatable bonds is 4. The Morgan fingerprint density at radius 2 is 2.00 bits per heavy atom. The van der Waals surface area contributed by atoms with Crippen LogP contribution in [-0.4, -0.2) is 40.4 Å². The molecule has 1 N–H and O–H groups in total. The molecule has 0 radical (unpaired) electrons. The first kappa shape index (κ1) is 22.6. The molecular weight excluding hydrogens is 435 g/mol. The lowest BCUT2D eigenvalue weighted by molar-refractivity contribution is -0.137. The van der Waals surface area contributed by atoms with Crippen LogP contribution < -0.4 is 15.0 Å². The molecule has 2 aromatic carbocycles. The van der Waals surface area contributed by atoms with Crippen LogP contribution in [-0.2, 0) is 6.18 Å². The molecule has 1 amide bonds. The van der Waals surface area contributed by atoms with Gasteiger partial charge in [0.1, 0.15) is 12.1 Å². The summed E-state index contributed by atoms with van der Waals surface area (Å²) in [5.41, 5.74) is 0.0576. The van der Waals surface area contributed by atoms with Crippen LogP contribution in [0.25, 0.3) is 5.69 Å². The Kier molecular flexibility index (Phi) is 5.77.